The Morgan fingerprint density at radius 1 is 1.42 bits per heavy atom. The van der Waals surface area contributed by atoms with Crippen LogP contribution in [0.3, 0.4) is 0 Å². The lowest BCUT2D eigenvalue weighted by molar-refractivity contribution is 0.0640. The third-order valence-electron chi connectivity index (χ3n) is 4.62. The normalized spacial score (nSPS) is 24.0. The van der Waals surface area contributed by atoms with Gasteiger partial charge in [0.2, 0.25) is 5.89 Å². The Morgan fingerprint density at radius 2 is 2.29 bits per heavy atom. The first-order chi connectivity index (χ1) is 11.7. The number of fused-ring (bicyclic) bond motifs is 1. The molecule has 0 N–H and O–H groups in total. The molecule has 3 heterocycles. The van der Waals surface area contributed by atoms with Crippen molar-refractivity contribution in [3.63, 3.8) is 0 Å². The quantitative estimate of drug-likeness (QED) is 0.830. The van der Waals surface area contributed by atoms with Gasteiger partial charge in [-0.1, -0.05) is 23.2 Å². The minimum Gasteiger partial charge on any atom is -0.340 e. The molecule has 128 valence electrons. The molecule has 0 bridgehead atoms. The summed E-state index contributed by atoms with van der Waals surface area (Å²) in [5.74, 6) is 2.03. The van der Waals surface area contributed by atoms with E-state index in [4.69, 9.17) is 4.52 Å². The second-order valence-corrected chi connectivity index (χ2v) is 7.64. The van der Waals surface area contributed by atoms with Gasteiger partial charge in [0.1, 0.15) is 6.54 Å². The molecule has 0 radical (unpaired) electrons. The van der Waals surface area contributed by atoms with E-state index in [0.717, 1.165) is 18.7 Å². The maximum Gasteiger partial charge on any atom is 0.276 e. The number of aromatic nitrogens is 5. The first kappa shape index (κ1) is 15.6. The van der Waals surface area contributed by atoms with E-state index in [1.165, 1.54) is 19.3 Å². The van der Waals surface area contributed by atoms with Crippen LogP contribution in [-0.4, -0.2) is 59.5 Å². The highest BCUT2D eigenvalue weighted by Gasteiger charge is 2.37. The second kappa shape index (κ2) is 6.54. The molecule has 0 unspecified atom stereocenters. The summed E-state index contributed by atoms with van der Waals surface area (Å²) in [7, 11) is 0. The fraction of sp³-hybridized carbons (Fsp3) is 0.667. The average Bonchev–Trinajstić information content (AvgIpc) is 3.23. The van der Waals surface area contributed by atoms with E-state index < -0.39 is 0 Å². The molecule has 1 amide bonds. The molecule has 24 heavy (non-hydrogen) atoms. The van der Waals surface area contributed by atoms with Crippen LogP contribution in [0.2, 0.25) is 0 Å². The van der Waals surface area contributed by atoms with Crippen LogP contribution in [0.1, 0.15) is 47.9 Å². The highest BCUT2D eigenvalue weighted by molar-refractivity contribution is 8.00. The average molecular weight is 348 g/mol. The van der Waals surface area contributed by atoms with Crippen molar-refractivity contribution in [3.05, 3.63) is 23.6 Å². The van der Waals surface area contributed by atoms with Gasteiger partial charge in [0.25, 0.3) is 5.91 Å². The van der Waals surface area contributed by atoms with Crippen LogP contribution in [-0.2, 0) is 6.54 Å². The topological polar surface area (TPSA) is 89.9 Å². The fourth-order valence-corrected chi connectivity index (χ4v) is 4.96. The number of aryl methyl sites for hydroxylation is 1. The lowest BCUT2D eigenvalue weighted by Crippen LogP contribution is -2.51. The van der Waals surface area contributed by atoms with Gasteiger partial charge in [-0.05, 0) is 12.8 Å². The molecule has 2 aromatic rings. The van der Waals surface area contributed by atoms with Crippen molar-refractivity contribution in [3.8, 4) is 0 Å². The predicted molar refractivity (Wildman–Crippen MR) is 87.7 cm³/mol. The van der Waals surface area contributed by atoms with Crippen LogP contribution >= 0.6 is 11.8 Å². The largest absolute Gasteiger partial charge is 0.340 e. The number of hydrogen-bond acceptors (Lipinski definition) is 7. The van der Waals surface area contributed by atoms with Gasteiger partial charge in [0.05, 0.1) is 6.20 Å². The molecule has 1 saturated heterocycles. The van der Waals surface area contributed by atoms with E-state index in [0.29, 0.717) is 35.2 Å². The zero-order valence-electron chi connectivity index (χ0n) is 13.6. The number of carbonyl (C=O) groups is 1. The molecule has 0 aromatic carbocycles. The Hall–Kier alpha value is -1.90. The molecule has 4 rings (SSSR count). The van der Waals surface area contributed by atoms with Crippen molar-refractivity contribution in [2.24, 2.45) is 0 Å². The van der Waals surface area contributed by atoms with Gasteiger partial charge in [-0.3, -0.25) is 4.79 Å². The number of rotatable bonds is 3. The van der Waals surface area contributed by atoms with Crippen molar-refractivity contribution in [2.45, 2.75) is 50.4 Å². The first-order valence-corrected chi connectivity index (χ1v) is 9.37. The van der Waals surface area contributed by atoms with Gasteiger partial charge < -0.3 is 9.42 Å². The van der Waals surface area contributed by atoms with Gasteiger partial charge in [-0.2, -0.15) is 16.7 Å². The highest BCUT2D eigenvalue weighted by atomic mass is 32.2. The molecule has 1 aliphatic heterocycles. The van der Waals surface area contributed by atoms with E-state index in [-0.39, 0.29) is 5.91 Å². The van der Waals surface area contributed by atoms with Crippen LogP contribution in [0.5, 0.6) is 0 Å². The maximum absolute atomic E-state index is 12.9. The monoisotopic (exact) mass is 348 g/mol. The van der Waals surface area contributed by atoms with Crippen LogP contribution in [0, 0.1) is 6.92 Å². The molecular formula is C15H20N6O2S. The van der Waals surface area contributed by atoms with E-state index in [1.807, 2.05) is 16.7 Å². The summed E-state index contributed by atoms with van der Waals surface area (Å²) in [6.45, 7) is 2.88. The molecular weight excluding hydrogens is 328 g/mol. The summed E-state index contributed by atoms with van der Waals surface area (Å²) < 4.78 is 6.52. The fourth-order valence-electron chi connectivity index (χ4n) is 3.52. The zero-order valence-corrected chi connectivity index (χ0v) is 14.4. The summed E-state index contributed by atoms with van der Waals surface area (Å²) in [5, 5.41) is 12.5. The van der Waals surface area contributed by atoms with Crippen molar-refractivity contribution in [2.75, 3.05) is 12.3 Å². The summed E-state index contributed by atoms with van der Waals surface area (Å²) in [6, 6.07) is 0.343. The lowest BCUT2D eigenvalue weighted by atomic mass is 9.93. The molecule has 9 heteroatoms. The van der Waals surface area contributed by atoms with Crippen molar-refractivity contribution < 1.29 is 9.32 Å². The lowest BCUT2D eigenvalue weighted by Gasteiger charge is -2.43. The molecule has 1 saturated carbocycles. The first-order valence-electron chi connectivity index (χ1n) is 8.32. The van der Waals surface area contributed by atoms with Crippen LogP contribution < -0.4 is 0 Å². The number of carbonyl (C=O) groups excluding carboxylic acids is 1. The molecule has 0 spiro atoms. The molecule has 2 fully saturated rings. The van der Waals surface area contributed by atoms with Gasteiger partial charge in [-0.25, -0.2) is 4.68 Å². The highest BCUT2D eigenvalue weighted by Crippen LogP contribution is 2.35. The summed E-state index contributed by atoms with van der Waals surface area (Å²) >= 11 is 2.01. The van der Waals surface area contributed by atoms with Crippen molar-refractivity contribution >= 4 is 17.7 Å². The van der Waals surface area contributed by atoms with Crippen molar-refractivity contribution in [1.29, 1.82) is 0 Å². The van der Waals surface area contributed by atoms with E-state index in [9.17, 15) is 4.79 Å². The third kappa shape index (κ3) is 3.04. The second-order valence-electron chi connectivity index (χ2n) is 6.29. The predicted octanol–water partition coefficient (Wildman–Crippen LogP) is 1.52. The Labute approximate surface area is 144 Å². The Kier molecular flexibility index (Phi) is 4.26. The third-order valence-corrected chi connectivity index (χ3v) is 6.02. The minimum absolute atomic E-state index is 0.0113. The Morgan fingerprint density at radius 3 is 3.12 bits per heavy atom. The van der Waals surface area contributed by atoms with Crippen LogP contribution in [0.15, 0.2) is 10.7 Å². The van der Waals surface area contributed by atoms with Crippen LogP contribution in [0.4, 0.5) is 0 Å². The Balaban J connectivity index is 1.48. The molecule has 2 aromatic heterocycles. The smallest absolute Gasteiger partial charge is 0.276 e. The van der Waals surface area contributed by atoms with Crippen molar-refractivity contribution in [1.82, 2.24) is 30.0 Å². The van der Waals surface area contributed by atoms with Gasteiger partial charge in [0, 0.05) is 30.5 Å². The summed E-state index contributed by atoms with van der Waals surface area (Å²) in [5.41, 5.74) is 0.395. The van der Waals surface area contributed by atoms with E-state index >= 15 is 0 Å². The molecule has 2 aliphatic rings. The number of thioether (sulfide) groups is 1. The van der Waals surface area contributed by atoms with Crippen LogP contribution in [0.25, 0.3) is 0 Å². The van der Waals surface area contributed by atoms with Gasteiger partial charge in [-0.15, -0.1) is 5.10 Å². The minimum atomic E-state index is -0.0113. The number of hydrogen-bond donors (Lipinski definition) is 0. The maximum atomic E-state index is 12.9. The number of nitrogens with zero attached hydrogens (tertiary/aromatic N) is 6. The number of amides is 1. The Bertz CT molecular complexity index is 727. The zero-order chi connectivity index (χ0) is 16.5. The standard InChI is InChI=1S/C15H20N6O2S/c1-10-16-14(18-23-10)9-20-8-11(17-19-20)15(22)21-6-7-24-13-5-3-2-4-12(13)21/h8,12-13H,2-7,9H2,1H3/t12-,13-/m1/s1. The summed E-state index contributed by atoms with van der Waals surface area (Å²) in [4.78, 5) is 19.0. The molecule has 8 nitrogen and oxygen atoms in total. The van der Waals surface area contributed by atoms with E-state index in [1.54, 1.807) is 17.8 Å². The SMILES string of the molecule is Cc1nc(Cn2cc(C(=O)N3CCS[C@@H]4CCCC[C@H]43)nn2)no1. The molecule has 2 atom stereocenters. The molecule has 1 aliphatic carbocycles. The van der Waals surface area contributed by atoms with Gasteiger partial charge in [0.15, 0.2) is 11.5 Å². The van der Waals surface area contributed by atoms with E-state index in [2.05, 4.69) is 20.5 Å². The van der Waals surface area contributed by atoms with Gasteiger partial charge >= 0.3 is 0 Å². The summed E-state index contributed by atoms with van der Waals surface area (Å²) in [6.07, 6.45) is 6.46.